The van der Waals surface area contributed by atoms with Gasteiger partial charge in [0.1, 0.15) is 12.4 Å². The third-order valence-electron chi connectivity index (χ3n) is 3.95. The van der Waals surface area contributed by atoms with Crippen LogP contribution in [0.3, 0.4) is 0 Å². The number of aromatic nitrogens is 2. The van der Waals surface area contributed by atoms with Crippen molar-refractivity contribution in [2.45, 2.75) is 31.7 Å². The Bertz CT molecular complexity index is 972. The van der Waals surface area contributed by atoms with Crippen LogP contribution in [0.2, 0.25) is 5.02 Å². The number of aryl methyl sites for hydroxylation is 1. The molecule has 1 aromatic heterocycles. The summed E-state index contributed by atoms with van der Waals surface area (Å²) in [5.41, 5.74) is 0.00380. The highest BCUT2D eigenvalue weighted by molar-refractivity contribution is 7.89. The molecule has 28 heavy (non-hydrogen) atoms. The predicted octanol–water partition coefficient (Wildman–Crippen LogP) is 2.50. The molecule has 0 bridgehead atoms. The maximum Gasteiger partial charge on any atom is 0.306 e. The smallest absolute Gasteiger partial charge is 0.306 e. The number of amides is 1. The summed E-state index contributed by atoms with van der Waals surface area (Å²) in [5.74, 6) is -0.433. The number of benzene rings is 1. The number of nitro groups is 1. The molecule has 12 heteroatoms. The topological polar surface area (TPSA) is 127 Å². The highest BCUT2D eigenvalue weighted by atomic mass is 35.5. The number of anilines is 1. The molecule has 10 nitrogen and oxygen atoms in total. The number of rotatable bonds is 9. The molecule has 0 unspecified atom stereocenters. The maximum absolute atomic E-state index is 12.6. The number of hydrogen-bond donors (Lipinski definition) is 1. The summed E-state index contributed by atoms with van der Waals surface area (Å²) in [5, 5.41) is 17.2. The average Bonchev–Trinajstić information content (AvgIpc) is 3.12. The molecule has 152 valence electrons. The number of halogens is 1. The summed E-state index contributed by atoms with van der Waals surface area (Å²) < 4.78 is 27.8. The number of sulfonamides is 1. The molecule has 0 radical (unpaired) electrons. The quantitative estimate of drug-likeness (QED) is 0.481. The van der Waals surface area contributed by atoms with Gasteiger partial charge in [-0.3, -0.25) is 19.6 Å². The van der Waals surface area contributed by atoms with E-state index < -0.39 is 20.9 Å². The lowest BCUT2D eigenvalue weighted by Crippen LogP contribution is -2.30. The molecule has 0 aliphatic rings. The van der Waals surface area contributed by atoms with Crippen LogP contribution in [0, 0.1) is 10.1 Å². The second kappa shape index (κ2) is 9.13. The van der Waals surface area contributed by atoms with Gasteiger partial charge < -0.3 is 5.32 Å². The van der Waals surface area contributed by atoms with E-state index in [1.54, 1.807) is 13.8 Å². The molecule has 0 saturated carbocycles. The van der Waals surface area contributed by atoms with Gasteiger partial charge in [0, 0.05) is 26.1 Å². The first-order valence-corrected chi connectivity index (χ1v) is 10.3. The van der Waals surface area contributed by atoms with Crippen molar-refractivity contribution < 1.29 is 18.1 Å². The first-order chi connectivity index (χ1) is 13.2. The van der Waals surface area contributed by atoms with E-state index in [1.165, 1.54) is 33.4 Å². The highest BCUT2D eigenvalue weighted by Crippen LogP contribution is 2.27. The predicted molar refractivity (Wildman–Crippen MR) is 104 cm³/mol. The van der Waals surface area contributed by atoms with E-state index in [1.807, 2.05) is 0 Å². The van der Waals surface area contributed by atoms with E-state index in [0.29, 0.717) is 13.1 Å². The third kappa shape index (κ3) is 5.06. The van der Waals surface area contributed by atoms with Crippen molar-refractivity contribution in [3.05, 3.63) is 45.7 Å². The minimum Gasteiger partial charge on any atom is -0.325 e. The molecule has 0 atom stereocenters. The molecule has 0 spiro atoms. The van der Waals surface area contributed by atoms with E-state index in [-0.39, 0.29) is 34.3 Å². The number of nitrogens with one attached hydrogen (secondary N) is 1. The van der Waals surface area contributed by atoms with Gasteiger partial charge in [-0.25, -0.2) is 8.42 Å². The number of carbonyl (C=O) groups excluding carboxylic acids is 1. The number of hydrogen-bond acceptors (Lipinski definition) is 6. The molecule has 0 saturated heterocycles. The Balaban J connectivity index is 2.10. The monoisotopic (exact) mass is 429 g/mol. The van der Waals surface area contributed by atoms with Crippen LogP contribution in [0.15, 0.2) is 35.5 Å². The summed E-state index contributed by atoms with van der Waals surface area (Å²) in [4.78, 5) is 22.3. The largest absolute Gasteiger partial charge is 0.325 e. The summed E-state index contributed by atoms with van der Waals surface area (Å²) in [6, 6.07) is 4.10. The van der Waals surface area contributed by atoms with Crippen molar-refractivity contribution in [1.29, 1.82) is 0 Å². The Labute approximate surface area is 167 Å². The molecule has 0 fully saturated rings. The van der Waals surface area contributed by atoms with Gasteiger partial charge in [-0.05, 0) is 18.2 Å². The van der Waals surface area contributed by atoms with Crippen molar-refractivity contribution in [1.82, 2.24) is 14.1 Å². The van der Waals surface area contributed by atoms with Gasteiger partial charge in [-0.1, -0.05) is 25.4 Å². The molecular weight excluding hydrogens is 410 g/mol. The van der Waals surface area contributed by atoms with Crippen LogP contribution in [-0.2, 0) is 21.4 Å². The Morgan fingerprint density at radius 3 is 2.61 bits per heavy atom. The molecule has 1 heterocycles. The van der Waals surface area contributed by atoms with Crippen LogP contribution in [0.5, 0.6) is 0 Å². The number of carbonyl (C=O) groups is 1. The average molecular weight is 430 g/mol. The first kappa shape index (κ1) is 21.8. The Kier molecular flexibility index (Phi) is 7.11. The zero-order valence-electron chi connectivity index (χ0n) is 15.3. The lowest BCUT2D eigenvalue weighted by atomic mass is 10.3. The molecule has 0 aliphatic carbocycles. The molecule has 2 rings (SSSR count). The zero-order chi connectivity index (χ0) is 20.9. The Morgan fingerprint density at radius 2 is 2.04 bits per heavy atom. The second-order valence-electron chi connectivity index (χ2n) is 5.75. The van der Waals surface area contributed by atoms with Crippen LogP contribution in [0.25, 0.3) is 0 Å². The standard InChI is InChI=1S/C16H20ClN5O5S/c1-3-21(4-2)28(26,27)13-5-6-14(17)15(9-13)19-16(23)7-8-20-11-12(10-18-20)22(24)25/h5-6,9-11H,3-4,7-8H2,1-2H3,(H,19,23). The summed E-state index contributed by atoms with van der Waals surface area (Å²) in [7, 11) is -3.69. The summed E-state index contributed by atoms with van der Waals surface area (Å²) in [6.45, 7) is 4.23. The fourth-order valence-corrected chi connectivity index (χ4v) is 4.12. The van der Waals surface area contributed by atoms with Crippen LogP contribution in [0.1, 0.15) is 20.3 Å². The second-order valence-corrected chi connectivity index (χ2v) is 8.09. The number of nitrogens with zero attached hydrogens (tertiary/aromatic N) is 4. The van der Waals surface area contributed by atoms with Crippen molar-refractivity contribution in [2.75, 3.05) is 18.4 Å². The van der Waals surface area contributed by atoms with E-state index in [0.717, 1.165) is 6.20 Å². The van der Waals surface area contributed by atoms with Crippen molar-refractivity contribution in [3.63, 3.8) is 0 Å². The van der Waals surface area contributed by atoms with Gasteiger partial charge in [0.15, 0.2) is 0 Å². The van der Waals surface area contributed by atoms with Crippen LogP contribution in [0.4, 0.5) is 11.4 Å². The SMILES string of the molecule is CCN(CC)S(=O)(=O)c1ccc(Cl)c(NC(=O)CCn2cc([N+](=O)[O-])cn2)c1. The molecule has 1 N–H and O–H groups in total. The fourth-order valence-electron chi connectivity index (χ4n) is 2.47. The molecule has 1 amide bonds. The summed E-state index contributed by atoms with van der Waals surface area (Å²) >= 11 is 6.08. The first-order valence-electron chi connectivity index (χ1n) is 8.45. The summed E-state index contributed by atoms with van der Waals surface area (Å²) in [6.07, 6.45) is 2.29. The zero-order valence-corrected chi connectivity index (χ0v) is 16.9. The molecular formula is C16H20ClN5O5S. The van der Waals surface area contributed by atoms with Gasteiger partial charge in [-0.2, -0.15) is 9.40 Å². The highest BCUT2D eigenvalue weighted by Gasteiger charge is 2.22. The van der Waals surface area contributed by atoms with Gasteiger partial charge in [-0.15, -0.1) is 0 Å². The van der Waals surface area contributed by atoms with Gasteiger partial charge in [0.2, 0.25) is 15.9 Å². The van der Waals surface area contributed by atoms with Gasteiger partial charge >= 0.3 is 5.69 Å². The lowest BCUT2D eigenvalue weighted by molar-refractivity contribution is -0.385. The van der Waals surface area contributed by atoms with Gasteiger partial charge in [0.25, 0.3) is 0 Å². The minimum atomic E-state index is -3.69. The van der Waals surface area contributed by atoms with Crippen molar-refractivity contribution in [3.8, 4) is 0 Å². The minimum absolute atomic E-state index is 0.0256. The van der Waals surface area contributed by atoms with Crippen LogP contribution in [-0.4, -0.2) is 46.4 Å². The van der Waals surface area contributed by atoms with Crippen molar-refractivity contribution in [2.24, 2.45) is 0 Å². The van der Waals surface area contributed by atoms with Crippen LogP contribution >= 0.6 is 11.6 Å². The lowest BCUT2D eigenvalue weighted by Gasteiger charge is -2.19. The Morgan fingerprint density at radius 1 is 1.36 bits per heavy atom. The van der Waals surface area contributed by atoms with Crippen LogP contribution < -0.4 is 5.32 Å². The van der Waals surface area contributed by atoms with Gasteiger partial charge in [0.05, 0.1) is 20.5 Å². The molecule has 2 aromatic rings. The molecule has 1 aromatic carbocycles. The fraction of sp³-hybridized carbons (Fsp3) is 0.375. The van der Waals surface area contributed by atoms with E-state index >= 15 is 0 Å². The normalized spacial score (nSPS) is 11.6. The third-order valence-corrected chi connectivity index (χ3v) is 6.33. The van der Waals surface area contributed by atoms with E-state index in [9.17, 15) is 23.3 Å². The maximum atomic E-state index is 12.6. The Hall–Kier alpha value is -2.50. The van der Waals surface area contributed by atoms with E-state index in [2.05, 4.69) is 10.4 Å². The van der Waals surface area contributed by atoms with Crippen molar-refractivity contribution >= 4 is 38.9 Å². The van der Waals surface area contributed by atoms with E-state index in [4.69, 9.17) is 11.6 Å². The molecule has 0 aliphatic heterocycles.